The maximum Gasteiger partial charge on any atom is 0.0683 e. The van der Waals surface area contributed by atoms with Gasteiger partial charge in [-0.15, -0.1) is 0 Å². The van der Waals surface area contributed by atoms with Crippen molar-refractivity contribution >= 4 is 0 Å². The van der Waals surface area contributed by atoms with Crippen molar-refractivity contribution in [1.82, 2.24) is 5.32 Å². The fourth-order valence-electron chi connectivity index (χ4n) is 1.23. The molecule has 0 heterocycles. The Kier molecular flexibility index (Phi) is 6.52. The van der Waals surface area contributed by atoms with Crippen LogP contribution in [0.25, 0.3) is 0 Å². The molecule has 1 atom stereocenters. The lowest BCUT2D eigenvalue weighted by Crippen LogP contribution is -2.28. The molecule has 0 aromatic heterocycles. The van der Waals surface area contributed by atoms with Gasteiger partial charge in [0.1, 0.15) is 0 Å². The quantitative estimate of drug-likeness (QED) is 0.612. The van der Waals surface area contributed by atoms with Gasteiger partial charge in [0.25, 0.3) is 0 Å². The van der Waals surface area contributed by atoms with E-state index in [0.29, 0.717) is 6.04 Å². The van der Waals surface area contributed by atoms with E-state index in [9.17, 15) is 0 Å². The molecular formula is C11H22N2O. The Morgan fingerprint density at radius 3 is 2.64 bits per heavy atom. The van der Waals surface area contributed by atoms with Gasteiger partial charge in [-0.25, -0.2) is 0 Å². The maximum atomic E-state index is 8.78. The van der Waals surface area contributed by atoms with Crippen LogP contribution in [-0.4, -0.2) is 24.3 Å². The predicted octanol–water partition coefficient (Wildman–Crippen LogP) is 1.68. The minimum Gasteiger partial charge on any atom is -0.396 e. The van der Waals surface area contributed by atoms with Crippen molar-refractivity contribution in [2.24, 2.45) is 5.41 Å². The topological polar surface area (TPSA) is 56.0 Å². The third-order valence-electron chi connectivity index (χ3n) is 2.34. The first-order valence-electron chi connectivity index (χ1n) is 5.27. The SMILES string of the molecule is CC(CCO)NCCCC(C)(C)C#N. The second-order valence-electron chi connectivity index (χ2n) is 4.47. The molecule has 0 saturated carbocycles. The highest BCUT2D eigenvalue weighted by Gasteiger charge is 2.15. The zero-order valence-corrected chi connectivity index (χ0v) is 9.51. The third-order valence-corrected chi connectivity index (χ3v) is 2.34. The Labute approximate surface area is 87.1 Å². The Balaban J connectivity index is 3.43. The van der Waals surface area contributed by atoms with E-state index < -0.39 is 0 Å². The molecule has 82 valence electrons. The lowest BCUT2D eigenvalue weighted by molar-refractivity contribution is 0.268. The number of hydrogen-bond donors (Lipinski definition) is 2. The van der Waals surface area contributed by atoms with E-state index in [0.717, 1.165) is 25.8 Å². The molecule has 0 aliphatic heterocycles. The van der Waals surface area contributed by atoms with E-state index in [2.05, 4.69) is 18.3 Å². The smallest absolute Gasteiger partial charge is 0.0683 e. The number of aliphatic hydroxyl groups excluding tert-OH is 1. The number of hydrogen-bond acceptors (Lipinski definition) is 3. The second-order valence-corrected chi connectivity index (χ2v) is 4.47. The molecule has 1 unspecified atom stereocenters. The van der Waals surface area contributed by atoms with Gasteiger partial charge in [0, 0.05) is 12.6 Å². The van der Waals surface area contributed by atoms with Crippen molar-refractivity contribution in [2.45, 2.75) is 46.1 Å². The van der Waals surface area contributed by atoms with Gasteiger partial charge in [-0.05, 0) is 46.6 Å². The van der Waals surface area contributed by atoms with E-state index in [4.69, 9.17) is 10.4 Å². The highest BCUT2D eigenvalue weighted by Crippen LogP contribution is 2.19. The van der Waals surface area contributed by atoms with Crippen molar-refractivity contribution in [3.63, 3.8) is 0 Å². The van der Waals surface area contributed by atoms with Crippen LogP contribution in [-0.2, 0) is 0 Å². The van der Waals surface area contributed by atoms with Gasteiger partial charge >= 0.3 is 0 Å². The molecule has 0 fully saturated rings. The summed E-state index contributed by atoms with van der Waals surface area (Å²) in [5, 5.41) is 20.8. The summed E-state index contributed by atoms with van der Waals surface area (Å²) in [7, 11) is 0. The van der Waals surface area contributed by atoms with Gasteiger partial charge in [-0.3, -0.25) is 0 Å². The Bertz CT molecular complexity index is 184. The van der Waals surface area contributed by atoms with E-state index >= 15 is 0 Å². The fourth-order valence-corrected chi connectivity index (χ4v) is 1.23. The van der Waals surface area contributed by atoms with Crippen LogP contribution in [0.1, 0.15) is 40.0 Å². The van der Waals surface area contributed by atoms with Crippen LogP contribution in [0.15, 0.2) is 0 Å². The fraction of sp³-hybridized carbons (Fsp3) is 0.909. The minimum absolute atomic E-state index is 0.206. The second kappa shape index (κ2) is 6.80. The molecule has 0 spiro atoms. The molecule has 0 amide bonds. The van der Waals surface area contributed by atoms with Crippen molar-refractivity contribution in [1.29, 1.82) is 5.26 Å². The zero-order chi connectivity index (χ0) is 11.0. The predicted molar refractivity (Wildman–Crippen MR) is 57.8 cm³/mol. The molecule has 14 heavy (non-hydrogen) atoms. The third kappa shape index (κ3) is 6.88. The summed E-state index contributed by atoms with van der Waals surface area (Å²) in [4.78, 5) is 0. The molecule has 0 aromatic carbocycles. The summed E-state index contributed by atoms with van der Waals surface area (Å²) in [6.07, 6.45) is 2.72. The first kappa shape index (κ1) is 13.4. The molecule has 0 aromatic rings. The van der Waals surface area contributed by atoms with Crippen LogP contribution in [0.4, 0.5) is 0 Å². The lowest BCUT2D eigenvalue weighted by Gasteiger charge is -2.16. The van der Waals surface area contributed by atoms with Gasteiger partial charge in [0.2, 0.25) is 0 Å². The molecule has 0 aliphatic rings. The largest absolute Gasteiger partial charge is 0.396 e. The monoisotopic (exact) mass is 198 g/mol. The summed E-state index contributed by atoms with van der Waals surface area (Å²) in [6.45, 7) is 7.14. The minimum atomic E-state index is -0.206. The van der Waals surface area contributed by atoms with Crippen LogP contribution < -0.4 is 5.32 Å². The number of nitrogens with zero attached hydrogens (tertiary/aromatic N) is 1. The summed E-state index contributed by atoms with van der Waals surface area (Å²) in [5.74, 6) is 0. The van der Waals surface area contributed by atoms with E-state index in [1.54, 1.807) is 0 Å². The summed E-state index contributed by atoms with van der Waals surface area (Å²) in [5.41, 5.74) is -0.206. The average molecular weight is 198 g/mol. The maximum absolute atomic E-state index is 8.78. The molecule has 2 N–H and O–H groups in total. The van der Waals surface area contributed by atoms with Gasteiger partial charge < -0.3 is 10.4 Å². The Hall–Kier alpha value is -0.590. The molecule has 0 radical (unpaired) electrons. The highest BCUT2D eigenvalue weighted by atomic mass is 16.3. The van der Waals surface area contributed by atoms with Crippen LogP contribution >= 0.6 is 0 Å². The molecule has 3 nitrogen and oxygen atoms in total. The van der Waals surface area contributed by atoms with E-state index in [-0.39, 0.29) is 12.0 Å². The highest BCUT2D eigenvalue weighted by molar-refractivity contribution is 4.91. The van der Waals surface area contributed by atoms with Crippen LogP contribution in [0.5, 0.6) is 0 Å². The van der Waals surface area contributed by atoms with Crippen LogP contribution in [0.2, 0.25) is 0 Å². The van der Waals surface area contributed by atoms with Gasteiger partial charge in [-0.2, -0.15) is 5.26 Å². The molecule has 0 rings (SSSR count). The van der Waals surface area contributed by atoms with Crippen molar-refractivity contribution in [3.05, 3.63) is 0 Å². The summed E-state index contributed by atoms with van der Waals surface area (Å²) < 4.78 is 0. The molecule has 0 saturated heterocycles. The lowest BCUT2D eigenvalue weighted by atomic mass is 9.90. The van der Waals surface area contributed by atoms with Gasteiger partial charge in [0.15, 0.2) is 0 Å². The number of rotatable bonds is 7. The van der Waals surface area contributed by atoms with Gasteiger partial charge in [0.05, 0.1) is 11.5 Å². The standard InChI is InChI=1S/C11H22N2O/c1-10(5-8-14)13-7-4-6-11(2,3)9-12/h10,13-14H,4-8H2,1-3H3. The Morgan fingerprint density at radius 1 is 1.50 bits per heavy atom. The Morgan fingerprint density at radius 2 is 2.14 bits per heavy atom. The van der Waals surface area contributed by atoms with E-state index in [1.165, 1.54) is 0 Å². The van der Waals surface area contributed by atoms with Crippen LogP contribution in [0, 0.1) is 16.7 Å². The average Bonchev–Trinajstić information content (AvgIpc) is 2.13. The number of nitrogens with one attached hydrogen (secondary N) is 1. The molecular weight excluding hydrogens is 176 g/mol. The van der Waals surface area contributed by atoms with Crippen molar-refractivity contribution < 1.29 is 5.11 Å². The zero-order valence-electron chi connectivity index (χ0n) is 9.51. The van der Waals surface area contributed by atoms with Crippen LogP contribution in [0.3, 0.4) is 0 Å². The summed E-state index contributed by atoms with van der Waals surface area (Å²) >= 11 is 0. The first-order chi connectivity index (χ1) is 6.52. The number of aliphatic hydroxyl groups is 1. The van der Waals surface area contributed by atoms with Gasteiger partial charge in [-0.1, -0.05) is 0 Å². The molecule has 3 heteroatoms. The normalized spacial score (nSPS) is 13.6. The van der Waals surface area contributed by atoms with Crippen molar-refractivity contribution in [2.75, 3.05) is 13.2 Å². The molecule has 0 aliphatic carbocycles. The van der Waals surface area contributed by atoms with Crippen molar-refractivity contribution in [3.8, 4) is 6.07 Å². The first-order valence-corrected chi connectivity index (χ1v) is 5.27. The number of nitriles is 1. The summed E-state index contributed by atoms with van der Waals surface area (Å²) in [6, 6.07) is 2.65. The van der Waals surface area contributed by atoms with E-state index in [1.807, 2.05) is 13.8 Å². The molecule has 0 bridgehead atoms.